The molecule has 0 aliphatic rings. The zero-order valence-electron chi connectivity index (χ0n) is 17.6. The van der Waals surface area contributed by atoms with Crippen molar-refractivity contribution in [1.82, 2.24) is 9.97 Å². The highest BCUT2D eigenvalue weighted by atomic mass is 16.5. The lowest BCUT2D eigenvalue weighted by molar-refractivity contribution is -0.131. The predicted molar refractivity (Wildman–Crippen MR) is 117 cm³/mol. The number of unbranched alkanes of at least 4 members (excludes halogenated alkanes) is 1. The zero-order chi connectivity index (χ0) is 21.2. The number of aromatic nitrogens is 2. The van der Waals surface area contributed by atoms with Crippen molar-refractivity contribution < 1.29 is 14.3 Å². The van der Waals surface area contributed by atoms with Gasteiger partial charge in [0.25, 0.3) is 0 Å². The Bertz CT molecular complexity index is 909. The highest BCUT2D eigenvalue weighted by Crippen LogP contribution is 2.20. The molecule has 0 aliphatic carbocycles. The maximum Gasteiger partial charge on any atom is 0.308 e. The van der Waals surface area contributed by atoms with Crippen LogP contribution in [0.1, 0.15) is 44.2 Å². The third-order valence-corrected chi connectivity index (χ3v) is 4.78. The number of aryl methyl sites for hydroxylation is 1. The Morgan fingerprint density at radius 2 is 1.63 bits per heavy atom. The molecule has 0 bridgehead atoms. The summed E-state index contributed by atoms with van der Waals surface area (Å²) in [5, 5.41) is 0. The summed E-state index contributed by atoms with van der Waals surface area (Å²) >= 11 is 0. The minimum absolute atomic E-state index is 0.249. The summed E-state index contributed by atoms with van der Waals surface area (Å²) in [7, 11) is 0. The molecule has 3 aromatic rings. The molecule has 0 fully saturated rings. The first-order valence-corrected chi connectivity index (χ1v) is 10.4. The Labute approximate surface area is 178 Å². The minimum atomic E-state index is -0.333. The molecule has 3 rings (SSSR count). The van der Waals surface area contributed by atoms with Crippen molar-refractivity contribution in [2.45, 2.75) is 52.2 Å². The zero-order valence-corrected chi connectivity index (χ0v) is 17.6. The summed E-state index contributed by atoms with van der Waals surface area (Å²) in [6, 6.07) is 17.5. The summed E-state index contributed by atoms with van der Waals surface area (Å²) in [4.78, 5) is 19.9. The van der Waals surface area contributed by atoms with Crippen LogP contribution in [-0.4, -0.2) is 22.0 Å². The molecule has 156 valence electrons. The molecule has 1 unspecified atom stereocenters. The summed E-state index contributed by atoms with van der Waals surface area (Å²) in [5.41, 5.74) is 3.23. The Morgan fingerprint density at radius 3 is 2.30 bits per heavy atom. The molecule has 0 aliphatic heterocycles. The van der Waals surface area contributed by atoms with Crippen LogP contribution in [0.25, 0.3) is 11.4 Å². The number of hydrogen-bond acceptors (Lipinski definition) is 5. The molecule has 0 spiro atoms. The largest absolute Gasteiger partial charge is 0.427 e. The smallest absolute Gasteiger partial charge is 0.308 e. The topological polar surface area (TPSA) is 61.3 Å². The highest BCUT2D eigenvalue weighted by molar-refractivity contribution is 5.69. The molecule has 2 aromatic carbocycles. The second-order valence-electron chi connectivity index (χ2n) is 7.39. The van der Waals surface area contributed by atoms with Crippen LogP contribution in [0, 0.1) is 0 Å². The first-order valence-electron chi connectivity index (χ1n) is 10.4. The van der Waals surface area contributed by atoms with E-state index in [2.05, 4.69) is 29.0 Å². The average Bonchev–Trinajstić information content (AvgIpc) is 2.77. The van der Waals surface area contributed by atoms with Gasteiger partial charge in [0.2, 0.25) is 0 Å². The summed E-state index contributed by atoms with van der Waals surface area (Å²) in [5.74, 6) is 0.849. The third kappa shape index (κ3) is 7.08. The summed E-state index contributed by atoms with van der Waals surface area (Å²) < 4.78 is 11.0. The number of benzene rings is 2. The van der Waals surface area contributed by atoms with Crippen LogP contribution in [0.4, 0.5) is 0 Å². The van der Waals surface area contributed by atoms with Crippen LogP contribution in [0.2, 0.25) is 0 Å². The Balaban J connectivity index is 1.38. The number of esters is 1. The van der Waals surface area contributed by atoms with Gasteiger partial charge in [-0.05, 0) is 61.6 Å². The van der Waals surface area contributed by atoms with Gasteiger partial charge in [0, 0.05) is 24.9 Å². The van der Waals surface area contributed by atoms with E-state index in [1.807, 2.05) is 42.7 Å². The third-order valence-electron chi connectivity index (χ3n) is 4.78. The lowest BCUT2D eigenvalue weighted by Crippen LogP contribution is -2.08. The van der Waals surface area contributed by atoms with Crippen LogP contribution < -0.4 is 4.74 Å². The average molecular weight is 405 g/mol. The van der Waals surface area contributed by atoms with E-state index in [1.165, 1.54) is 12.5 Å². The Morgan fingerprint density at radius 1 is 0.933 bits per heavy atom. The molecule has 30 heavy (non-hydrogen) atoms. The standard InChI is InChI=1S/C25H28N2O3/c1-19(29-18-21-9-4-3-5-10-21)8-6-7-11-22-16-26-25(27-17-22)23-12-14-24(15-13-23)30-20(2)28/h3-5,9-10,12-17,19H,6-8,11,18H2,1-2H3. The minimum Gasteiger partial charge on any atom is -0.427 e. The van der Waals surface area contributed by atoms with Crippen molar-refractivity contribution in [3.05, 3.63) is 78.1 Å². The van der Waals surface area contributed by atoms with Crippen molar-refractivity contribution in [2.75, 3.05) is 0 Å². The van der Waals surface area contributed by atoms with Gasteiger partial charge in [-0.3, -0.25) is 4.79 Å². The molecular weight excluding hydrogens is 376 g/mol. The fourth-order valence-corrected chi connectivity index (χ4v) is 3.13. The first kappa shape index (κ1) is 21.7. The molecule has 0 N–H and O–H groups in total. The first-order chi connectivity index (χ1) is 14.6. The lowest BCUT2D eigenvalue weighted by atomic mass is 10.1. The number of carbonyl (C=O) groups is 1. The number of hydrogen-bond donors (Lipinski definition) is 0. The van der Waals surface area contributed by atoms with E-state index in [1.54, 1.807) is 12.1 Å². The lowest BCUT2D eigenvalue weighted by Gasteiger charge is -2.13. The van der Waals surface area contributed by atoms with Gasteiger partial charge in [0.1, 0.15) is 5.75 Å². The van der Waals surface area contributed by atoms with Gasteiger partial charge >= 0.3 is 5.97 Å². The molecule has 1 atom stereocenters. The molecule has 1 aromatic heterocycles. The number of ether oxygens (including phenoxy) is 2. The monoisotopic (exact) mass is 404 g/mol. The van der Waals surface area contributed by atoms with Gasteiger partial charge in [0.05, 0.1) is 12.7 Å². The molecule has 0 saturated heterocycles. The van der Waals surface area contributed by atoms with E-state index in [4.69, 9.17) is 9.47 Å². The predicted octanol–water partition coefficient (Wildman–Crippen LogP) is 5.39. The highest BCUT2D eigenvalue weighted by Gasteiger charge is 2.05. The molecule has 5 heteroatoms. The SMILES string of the molecule is CC(=O)Oc1ccc(-c2ncc(CCCCC(C)OCc3ccccc3)cn2)cc1. The molecule has 1 heterocycles. The molecule has 0 radical (unpaired) electrons. The molecule has 5 nitrogen and oxygen atoms in total. The van der Waals surface area contributed by atoms with E-state index in [9.17, 15) is 4.79 Å². The number of rotatable bonds is 10. The quantitative estimate of drug-likeness (QED) is 0.258. The van der Waals surface area contributed by atoms with E-state index in [-0.39, 0.29) is 12.1 Å². The second-order valence-corrected chi connectivity index (χ2v) is 7.39. The van der Waals surface area contributed by atoms with Gasteiger partial charge in [-0.25, -0.2) is 9.97 Å². The fourth-order valence-electron chi connectivity index (χ4n) is 3.13. The van der Waals surface area contributed by atoms with E-state index < -0.39 is 0 Å². The summed E-state index contributed by atoms with van der Waals surface area (Å²) in [6.07, 6.45) is 8.21. The molecule has 0 amide bonds. The maximum atomic E-state index is 11.0. The maximum absolute atomic E-state index is 11.0. The van der Waals surface area contributed by atoms with Crippen LogP contribution in [-0.2, 0) is 22.6 Å². The Kier molecular flexibility index (Phi) is 8.10. The van der Waals surface area contributed by atoms with Gasteiger partial charge in [-0.2, -0.15) is 0 Å². The molecular formula is C25H28N2O3. The van der Waals surface area contributed by atoms with Crippen LogP contribution in [0.5, 0.6) is 5.75 Å². The van der Waals surface area contributed by atoms with Crippen LogP contribution >= 0.6 is 0 Å². The normalized spacial score (nSPS) is 11.8. The van der Waals surface area contributed by atoms with E-state index in [0.717, 1.165) is 36.8 Å². The van der Waals surface area contributed by atoms with Crippen molar-refractivity contribution in [2.24, 2.45) is 0 Å². The summed E-state index contributed by atoms with van der Waals surface area (Å²) in [6.45, 7) is 4.18. The van der Waals surface area contributed by atoms with Crippen molar-refractivity contribution in [3.63, 3.8) is 0 Å². The van der Waals surface area contributed by atoms with Crippen molar-refractivity contribution >= 4 is 5.97 Å². The van der Waals surface area contributed by atoms with E-state index in [0.29, 0.717) is 18.2 Å². The van der Waals surface area contributed by atoms with Gasteiger partial charge in [-0.1, -0.05) is 36.8 Å². The van der Waals surface area contributed by atoms with E-state index >= 15 is 0 Å². The second kappa shape index (κ2) is 11.2. The fraction of sp³-hybridized carbons (Fsp3) is 0.320. The van der Waals surface area contributed by atoms with Crippen molar-refractivity contribution in [1.29, 1.82) is 0 Å². The number of nitrogens with zero attached hydrogens (tertiary/aromatic N) is 2. The van der Waals surface area contributed by atoms with Crippen LogP contribution in [0.3, 0.4) is 0 Å². The Hall–Kier alpha value is -3.05. The van der Waals surface area contributed by atoms with Gasteiger partial charge in [-0.15, -0.1) is 0 Å². The van der Waals surface area contributed by atoms with Gasteiger partial charge in [0.15, 0.2) is 5.82 Å². The van der Waals surface area contributed by atoms with Gasteiger partial charge < -0.3 is 9.47 Å². The number of carbonyl (C=O) groups excluding carboxylic acids is 1. The molecule has 0 saturated carbocycles. The van der Waals surface area contributed by atoms with Crippen LogP contribution in [0.15, 0.2) is 67.0 Å². The van der Waals surface area contributed by atoms with Crippen molar-refractivity contribution in [3.8, 4) is 17.1 Å².